The molecule has 1 fully saturated rings. The van der Waals surface area contributed by atoms with E-state index < -0.39 is 0 Å². The molecule has 1 saturated heterocycles. The summed E-state index contributed by atoms with van der Waals surface area (Å²) in [5, 5.41) is 2.91. The number of nitrogens with zero attached hydrogens (tertiary/aromatic N) is 4. The van der Waals surface area contributed by atoms with Crippen LogP contribution in [-0.4, -0.2) is 74.3 Å². The molecule has 0 spiro atoms. The van der Waals surface area contributed by atoms with Gasteiger partial charge in [0.05, 0.1) is 13.2 Å². The molecular formula is C18H27N5O3. The molecule has 0 radical (unpaired) electrons. The van der Waals surface area contributed by atoms with Crippen molar-refractivity contribution in [2.75, 3.05) is 58.4 Å². The number of fused-ring (bicyclic) bond motifs is 1. The van der Waals surface area contributed by atoms with Gasteiger partial charge in [0.1, 0.15) is 11.3 Å². The highest BCUT2D eigenvalue weighted by atomic mass is 16.5. The van der Waals surface area contributed by atoms with Crippen LogP contribution >= 0.6 is 0 Å². The Hall–Kier alpha value is -2.19. The fourth-order valence-corrected chi connectivity index (χ4v) is 2.97. The maximum absolute atomic E-state index is 12.4. The summed E-state index contributed by atoms with van der Waals surface area (Å²) >= 11 is 0. The number of rotatable bonds is 7. The number of unbranched alkanes of at least 4 members (excludes halogenated alkanes) is 1. The highest BCUT2D eigenvalue weighted by Crippen LogP contribution is 2.27. The van der Waals surface area contributed by atoms with E-state index in [1.54, 1.807) is 6.07 Å². The lowest BCUT2D eigenvalue weighted by Crippen LogP contribution is -2.37. The molecule has 0 aliphatic carbocycles. The van der Waals surface area contributed by atoms with Gasteiger partial charge in [-0.05, 0) is 40.4 Å². The predicted octanol–water partition coefficient (Wildman–Crippen LogP) is 1.44. The minimum absolute atomic E-state index is 0.210. The van der Waals surface area contributed by atoms with Gasteiger partial charge in [0.2, 0.25) is 0 Å². The van der Waals surface area contributed by atoms with Crippen molar-refractivity contribution >= 4 is 22.8 Å². The number of aromatic nitrogens is 2. The molecule has 2 aromatic heterocycles. The molecule has 1 aliphatic rings. The summed E-state index contributed by atoms with van der Waals surface area (Å²) in [6.07, 6.45) is 1.97. The Labute approximate surface area is 153 Å². The van der Waals surface area contributed by atoms with Gasteiger partial charge in [-0.3, -0.25) is 4.79 Å². The zero-order chi connectivity index (χ0) is 18.5. The number of anilines is 1. The summed E-state index contributed by atoms with van der Waals surface area (Å²) in [6, 6.07) is 1.70. The molecule has 142 valence electrons. The Kier molecular flexibility index (Phi) is 6.05. The Balaban J connectivity index is 1.70. The molecule has 0 atom stereocenters. The summed E-state index contributed by atoms with van der Waals surface area (Å²) in [6.45, 7) is 6.31. The van der Waals surface area contributed by atoms with Crippen molar-refractivity contribution in [3.05, 3.63) is 17.7 Å². The number of hydrogen-bond donors (Lipinski definition) is 1. The smallest absolute Gasteiger partial charge is 0.287 e. The molecule has 26 heavy (non-hydrogen) atoms. The van der Waals surface area contributed by atoms with Crippen LogP contribution in [-0.2, 0) is 4.74 Å². The van der Waals surface area contributed by atoms with E-state index in [0.717, 1.165) is 38.3 Å². The summed E-state index contributed by atoms with van der Waals surface area (Å²) in [7, 11) is 4.09. The molecular weight excluding hydrogens is 334 g/mol. The van der Waals surface area contributed by atoms with Crippen LogP contribution in [0.1, 0.15) is 29.2 Å². The summed E-state index contributed by atoms with van der Waals surface area (Å²) < 4.78 is 11.2. The largest absolute Gasteiger partial charge is 0.445 e. The monoisotopic (exact) mass is 361 g/mol. The summed E-state index contributed by atoms with van der Waals surface area (Å²) in [5.41, 5.74) is 1.23. The Bertz CT molecular complexity index is 753. The van der Waals surface area contributed by atoms with E-state index in [1.807, 2.05) is 21.0 Å². The van der Waals surface area contributed by atoms with Gasteiger partial charge in [-0.15, -0.1) is 0 Å². The first kappa shape index (κ1) is 18.6. The molecule has 1 amide bonds. The second-order valence-corrected chi connectivity index (χ2v) is 6.79. The van der Waals surface area contributed by atoms with E-state index in [0.29, 0.717) is 36.7 Å². The van der Waals surface area contributed by atoms with Crippen molar-refractivity contribution in [2.45, 2.75) is 19.8 Å². The van der Waals surface area contributed by atoms with Crippen LogP contribution in [0, 0.1) is 6.92 Å². The third-order valence-corrected chi connectivity index (χ3v) is 4.32. The molecule has 8 nitrogen and oxygen atoms in total. The fourth-order valence-electron chi connectivity index (χ4n) is 2.97. The Morgan fingerprint density at radius 1 is 1.27 bits per heavy atom. The number of furan rings is 1. The van der Waals surface area contributed by atoms with Crippen LogP contribution in [0.15, 0.2) is 10.5 Å². The third kappa shape index (κ3) is 4.50. The average molecular weight is 361 g/mol. The normalized spacial score (nSPS) is 15.0. The number of carbonyl (C=O) groups is 1. The molecule has 8 heteroatoms. The lowest BCUT2D eigenvalue weighted by atomic mass is 10.3. The molecule has 2 aromatic rings. The van der Waals surface area contributed by atoms with Gasteiger partial charge in [0, 0.05) is 25.7 Å². The quantitative estimate of drug-likeness (QED) is 0.747. The first-order chi connectivity index (χ1) is 12.5. The Morgan fingerprint density at radius 2 is 2.04 bits per heavy atom. The second-order valence-electron chi connectivity index (χ2n) is 6.79. The highest BCUT2D eigenvalue weighted by Gasteiger charge is 2.21. The fraction of sp³-hybridized carbons (Fsp3) is 0.611. The lowest BCUT2D eigenvalue weighted by molar-refractivity contribution is 0.0927. The van der Waals surface area contributed by atoms with E-state index in [1.165, 1.54) is 0 Å². The van der Waals surface area contributed by atoms with Gasteiger partial charge in [-0.25, -0.2) is 9.97 Å². The average Bonchev–Trinajstić information content (AvgIpc) is 3.05. The number of morpholine rings is 1. The van der Waals surface area contributed by atoms with E-state index in [9.17, 15) is 4.79 Å². The molecule has 3 rings (SSSR count). The molecule has 0 aromatic carbocycles. The van der Waals surface area contributed by atoms with Crippen LogP contribution in [0.25, 0.3) is 11.1 Å². The summed E-state index contributed by atoms with van der Waals surface area (Å²) in [5.74, 6) is 1.47. The Morgan fingerprint density at radius 3 is 2.77 bits per heavy atom. The minimum Gasteiger partial charge on any atom is -0.445 e. The topological polar surface area (TPSA) is 83.7 Å². The first-order valence-corrected chi connectivity index (χ1v) is 9.08. The first-order valence-electron chi connectivity index (χ1n) is 9.08. The molecule has 0 bridgehead atoms. The van der Waals surface area contributed by atoms with Gasteiger partial charge >= 0.3 is 0 Å². The van der Waals surface area contributed by atoms with Gasteiger partial charge in [-0.2, -0.15) is 0 Å². The number of amides is 1. The SMILES string of the molecule is Cc1nc(N2CCOCC2)c2oc(C(=O)NCCCCN(C)C)cc2n1. The summed E-state index contributed by atoms with van der Waals surface area (Å²) in [4.78, 5) is 25.6. The maximum atomic E-state index is 12.4. The number of carbonyl (C=O) groups excluding carboxylic acids is 1. The van der Waals surface area contributed by atoms with E-state index in [-0.39, 0.29) is 11.7 Å². The van der Waals surface area contributed by atoms with Gasteiger partial charge in [-0.1, -0.05) is 0 Å². The van der Waals surface area contributed by atoms with Gasteiger partial charge in [0.15, 0.2) is 17.2 Å². The molecule has 1 N–H and O–H groups in total. The molecule has 1 aliphatic heterocycles. The van der Waals surface area contributed by atoms with Gasteiger partial charge in [0.25, 0.3) is 5.91 Å². The van der Waals surface area contributed by atoms with Crippen LogP contribution in [0.3, 0.4) is 0 Å². The van der Waals surface area contributed by atoms with Crippen LogP contribution in [0.2, 0.25) is 0 Å². The van der Waals surface area contributed by atoms with E-state index >= 15 is 0 Å². The zero-order valence-corrected chi connectivity index (χ0v) is 15.7. The van der Waals surface area contributed by atoms with E-state index in [2.05, 4.69) is 25.1 Å². The molecule has 0 unspecified atom stereocenters. The minimum atomic E-state index is -0.210. The molecule has 0 saturated carbocycles. The number of hydrogen-bond acceptors (Lipinski definition) is 7. The van der Waals surface area contributed by atoms with Crippen molar-refractivity contribution in [2.24, 2.45) is 0 Å². The zero-order valence-electron chi connectivity index (χ0n) is 15.7. The lowest BCUT2D eigenvalue weighted by Gasteiger charge is -2.27. The van der Waals surface area contributed by atoms with Crippen molar-refractivity contribution in [1.29, 1.82) is 0 Å². The van der Waals surface area contributed by atoms with Crippen molar-refractivity contribution in [3.8, 4) is 0 Å². The van der Waals surface area contributed by atoms with Crippen LogP contribution < -0.4 is 10.2 Å². The number of ether oxygens (including phenoxy) is 1. The molecule has 3 heterocycles. The highest BCUT2D eigenvalue weighted by molar-refractivity contribution is 5.97. The van der Waals surface area contributed by atoms with Crippen LogP contribution in [0.4, 0.5) is 5.82 Å². The van der Waals surface area contributed by atoms with E-state index in [4.69, 9.17) is 9.15 Å². The number of aryl methyl sites for hydroxylation is 1. The maximum Gasteiger partial charge on any atom is 0.287 e. The van der Waals surface area contributed by atoms with Gasteiger partial charge < -0.3 is 24.3 Å². The van der Waals surface area contributed by atoms with Crippen molar-refractivity contribution in [1.82, 2.24) is 20.2 Å². The van der Waals surface area contributed by atoms with Crippen molar-refractivity contribution in [3.63, 3.8) is 0 Å². The predicted molar refractivity (Wildman–Crippen MR) is 99.7 cm³/mol. The van der Waals surface area contributed by atoms with Crippen molar-refractivity contribution < 1.29 is 13.9 Å². The third-order valence-electron chi connectivity index (χ3n) is 4.32. The number of nitrogens with one attached hydrogen (secondary N) is 1. The van der Waals surface area contributed by atoms with Crippen LogP contribution in [0.5, 0.6) is 0 Å². The second kappa shape index (κ2) is 8.46. The standard InChI is InChI=1S/C18H27N5O3/c1-13-20-14-12-15(18(24)19-6-4-5-7-22(2)3)26-16(14)17(21-13)23-8-10-25-11-9-23/h12H,4-11H2,1-3H3,(H,19,24).